The number of rotatable bonds is 7. The molecule has 0 unspecified atom stereocenters. The van der Waals surface area contributed by atoms with Gasteiger partial charge in [-0.05, 0) is 47.3 Å². The maximum atomic E-state index is 5.45. The molecule has 32 heavy (non-hydrogen) atoms. The van der Waals surface area contributed by atoms with E-state index in [4.69, 9.17) is 19.3 Å². The third kappa shape index (κ3) is 3.58. The molecule has 2 aromatic carbocycles. The van der Waals surface area contributed by atoms with E-state index in [1.54, 1.807) is 32.7 Å². The largest absolute Gasteiger partial charge is 0.493 e. The van der Waals surface area contributed by atoms with Crippen LogP contribution in [0.2, 0.25) is 0 Å². The molecule has 3 heterocycles. The second-order valence-electron chi connectivity index (χ2n) is 7.17. The number of thiophene rings is 1. The molecule has 5 aromatic rings. The average molecular weight is 447 g/mol. The Labute approximate surface area is 189 Å². The lowest BCUT2D eigenvalue weighted by molar-refractivity contribution is 0.324. The zero-order chi connectivity index (χ0) is 22.1. The molecule has 0 aliphatic carbocycles. The van der Waals surface area contributed by atoms with Crippen LogP contribution >= 0.6 is 11.3 Å². The van der Waals surface area contributed by atoms with Gasteiger partial charge in [0, 0.05) is 11.2 Å². The number of nitrogens with one attached hydrogen (secondary N) is 1. The van der Waals surface area contributed by atoms with Crippen molar-refractivity contribution in [1.82, 2.24) is 14.6 Å². The highest BCUT2D eigenvalue weighted by molar-refractivity contribution is 7.22. The van der Waals surface area contributed by atoms with E-state index in [0.29, 0.717) is 23.8 Å². The van der Waals surface area contributed by atoms with E-state index in [1.165, 1.54) is 10.1 Å². The Morgan fingerprint density at radius 1 is 0.938 bits per heavy atom. The van der Waals surface area contributed by atoms with E-state index in [-0.39, 0.29) is 0 Å². The minimum absolute atomic E-state index is 0.544. The topological polar surface area (TPSA) is 69.9 Å². The molecule has 0 fully saturated rings. The molecule has 3 aromatic heterocycles. The van der Waals surface area contributed by atoms with E-state index < -0.39 is 0 Å². The van der Waals surface area contributed by atoms with Crippen molar-refractivity contribution in [2.45, 2.75) is 6.54 Å². The molecule has 7 nitrogen and oxygen atoms in total. The quantitative estimate of drug-likeness (QED) is 0.368. The van der Waals surface area contributed by atoms with Crippen molar-refractivity contribution in [2.75, 3.05) is 26.6 Å². The lowest BCUT2D eigenvalue weighted by atomic mass is 10.1. The van der Waals surface area contributed by atoms with Crippen LogP contribution in [-0.4, -0.2) is 35.9 Å². The predicted octanol–water partition coefficient (Wildman–Crippen LogP) is 5.25. The Morgan fingerprint density at radius 3 is 2.44 bits per heavy atom. The van der Waals surface area contributed by atoms with Crippen LogP contribution in [0.1, 0.15) is 5.56 Å². The summed E-state index contributed by atoms with van der Waals surface area (Å²) in [5.41, 5.74) is 2.75. The van der Waals surface area contributed by atoms with Crippen molar-refractivity contribution in [3.63, 3.8) is 0 Å². The zero-order valence-electron chi connectivity index (χ0n) is 18.0. The number of anilines is 1. The molecule has 8 heteroatoms. The van der Waals surface area contributed by atoms with Gasteiger partial charge in [0.1, 0.15) is 11.5 Å². The SMILES string of the molecule is COc1cc(CNc2ccc3ncc(-c4cc5ccccc5s4)n3n2)cc(OC)c1OC. The maximum Gasteiger partial charge on any atom is 0.203 e. The van der Waals surface area contributed by atoms with Gasteiger partial charge in [0.05, 0.1) is 32.4 Å². The number of fused-ring (bicyclic) bond motifs is 2. The smallest absolute Gasteiger partial charge is 0.203 e. The first-order valence-corrected chi connectivity index (χ1v) is 10.9. The molecule has 5 rings (SSSR count). The van der Waals surface area contributed by atoms with Crippen LogP contribution in [0.3, 0.4) is 0 Å². The highest BCUT2D eigenvalue weighted by Crippen LogP contribution is 2.38. The Balaban J connectivity index is 1.44. The molecule has 162 valence electrons. The van der Waals surface area contributed by atoms with Crippen LogP contribution in [0.4, 0.5) is 5.82 Å². The summed E-state index contributed by atoms with van der Waals surface area (Å²) in [5, 5.41) is 9.38. The summed E-state index contributed by atoms with van der Waals surface area (Å²) in [6, 6.07) is 18.3. The fourth-order valence-electron chi connectivity index (χ4n) is 3.67. The summed E-state index contributed by atoms with van der Waals surface area (Å²) < 4.78 is 19.4. The van der Waals surface area contributed by atoms with E-state index in [0.717, 1.165) is 27.6 Å². The molecule has 1 N–H and O–H groups in total. The van der Waals surface area contributed by atoms with Gasteiger partial charge in [-0.3, -0.25) is 0 Å². The van der Waals surface area contributed by atoms with Gasteiger partial charge in [0.2, 0.25) is 5.75 Å². The van der Waals surface area contributed by atoms with Gasteiger partial charge in [-0.2, -0.15) is 0 Å². The third-order valence-corrected chi connectivity index (χ3v) is 6.38. The standard InChI is InChI=1S/C24H22N4O3S/c1-29-18-10-15(11-19(30-2)24(18)31-3)13-25-22-8-9-23-26-14-17(28(23)27-22)21-12-16-6-4-5-7-20(16)32-21/h4-12,14H,13H2,1-3H3,(H,25,27). The minimum atomic E-state index is 0.544. The number of hydrogen-bond donors (Lipinski definition) is 1. The summed E-state index contributed by atoms with van der Waals surface area (Å²) in [7, 11) is 4.81. The molecular formula is C24H22N4O3S. The zero-order valence-corrected chi connectivity index (χ0v) is 18.8. The van der Waals surface area contributed by atoms with Gasteiger partial charge in [0.25, 0.3) is 0 Å². The molecule has 0 saturated carbocycles. The van der Waals surface area contributed by atoms with Gasteiger partial charge in [-0.15, -0.1) is 16.4 Å². The Bertz CT molecular complexity index is 1350. The monoisotopic (exact) mass is 446 g/mol. The first kappa shape index (κ1) is 20.1. The minimum Gasteiger partial charge on any atom is -0.493 e. The molecule has 0 radical (unpaired) electrons. The highest BCUT2D eigenvalue weighted by Gasteiger charge is 2.14. The van der Waals surface area contributed by atoms with Crippen LogP contribution in [0.15, 0.2) is 60.8 Å². The van der Waals surface area contributed by atoms with Gasteiger partial charge in [-0.1, -0.05) is 18.2 Å². The van der Waals surface area contributed by atoms with Crippen molar-refractivity contribution in [2.24, 2.45) is 0 Å². The summed E-state index contributed by atoms with van der Waals surface area (Å²) >= 11 is 1.74. The fraction of sp³-hybridized carbons (Fsp3) is 0.167. The number of aromatic nitrogens is 3. The molecule has 0 aliphatic heterocycles. The van der Waals surface area contributed by atoms with Crippen molar-refractivity contribution < 1.29 is 14.2 Å². The normalized spacial score (nSPS) is 11.1. The second-order valence-corrected chi connectivity index (χ2v) is 8.25. The van der Waals surface area contributed by atoms with Crippen LogP contribution in [0, 0.1) is 0 Å². The summed E-state index contributed by atoms with van der Waals surface area (Å²) in [4.78, 5) is 5.65. The molecule has 0 bridgehead atoms. The molecule has 0 amide bonds. The molecule has 0 spiro atoms. The van der Waals surface area contributed by atoms with Gasteiger partial charge >= 0.3 is 0 Å². The van der Waals surface area contributed by atoms with Crippen LogP contribution in [0.25, 0.3) is 26.3 Å². The lowest BCUT2D eigenvalue weighted by Gasteiger charge is -2.14. The number of methoxy groups -OCH3 is 3. The number of benzene rings is 2. The summed E-state index contributed by atoms with van der Waals surface area (Å²) in [6.45, 7) is 0.544. The van der Waals surface area contributed by atoms with Crippen molar-refractivity contribution >= 4 is 32.9 Å². The van der Waals surface area contributed by atoms with Gasteiger partial charge in [0.15, 0.2) is 17.1 Å². The van der Waals surface area contributed by atoms with Crippen molar-refractivity contribution in [3.05, 3.63) is 66.4 Å². The van der Waals surface area contributed by atoms with Crippen LogP contribution in [0.5, 0.6) is 17.2 Å². The number of ether oxygens (including phenoxy) is 3. The summed E-state index contributed by atoms with van der Waals surface area (Å²) in [5.74, 6) is 2.55. The van der Waals surface area contributed by atoms with E-state index in [9.17, 15) is 0 Å². The lowest BCUT2D eigenvalue weighted by Crippen LogP contribution is -2.05. The number of imidazole rings is 1. The second kappa shape index (κ2) is 8.39. The van der Waals surface area contributed by atoms with Crippen LogP contribution in [-0.2, 0) is 6.54 Å². The highest BCUT2D eigenvalue weighted by atomic mass is 32.1. The first-order chi connectivity index (χ1) is 15.7. The molecule has 0 aliphatic rings. The summed E-state index contributed by atoms with van der Waals surface area (Å²) in [6.07, 6.45) is 1.87. The van der Waals surface area contributed by atoms with Gasteiger partial charge in [-0.25, -0.2) is 9.50 Å². The molecular weight excluding hydrogens is 424 g/mol. The number of hydrogen-bond acceptors (Lipinski definition) is 7. The first-order valence-electron chi connectivity index (χ1n) is 10.1. The average Bonchev–Trinajstić information content (AvgIpc) is 3.45. The van der Waals surface area contributed by atoms with Crippen molar-refractivity contribution in [1.29, 1.82) is 0 Å². The Morgan fingerprint density at radius 2 is 1.72 bits per heavy atom. The van der Waals surface area contributed by atoms with E-state index in [1.807, 2.05) is 35.0 Å². The van der Waals surface area contributed by atoms with E-state index >= 15 is 0 Å². The van der Waals surface area contributed by atoms with Crippen LogP contribution < -0.4 is 19.5 Å². The Hall–Kier alpha value is -3.78. The van der Waals surface area contributed by atoms with Crippen molar-refractivity contribution in [3.8, 4) is 27.8 Å². The fourth-order valence-corrected chi connectivity index (χ4v) is 4.73. The Kier molecular flexibility index (Phi) is 5.28. The molecule has 0 atom stereocenters. The number of nitrogens with zero attached hydrogens (tertiary/aromatic N) is 3. The van der Waals surface area contributed by atoms with Gasteiger partial charge < -0.3 is 19.5 Å². The molecule has 0 saturated heterocycles. The van der Waals surface area contributed by atoms with E-state index in [2.05, 4.69) is 40.6 Å². The predicted molar refractivity (Wildman–Crippen MR) is 127 cm³/mol. The third-order valence-electron chi connectivity index (χ3n) is 5.24. The maximum absolute atomic E-state index is 5.45.